The molecule has 6 heteroatoms. The van der Waals surface area contributed by atoms with Crippen LogP contribution >= 0.6 is 0 Å². The van der Waals surface area contributed by atoms with E-state index in [0.717, 1.165) is 13.0 Å². The van der Waals surface area contributed by atoms with Crippen LogP contribution in [0.5, 0.6) is 0 Å². The zero-order valence-electron chi connectivity index (χ0n) is 16.9. The van der Waals surface area contributed by atoms with E-state index < -0.39 is 11.9 Å². The van der Waals surface area contributed by atoms with Crippen LogP contribution in [-0.4, -0.2) is 27.1 Å². The molecule has 6 nitrogen and oxygen atoms in total. The number of carbonyl (C=O) groups is 2. The number of aliphatic carboxylic acids is 2. The Hall–Kier alpha value is -3.90. The molecular formula is C25H24N2O4. The summed E-state index contributed by atoms with van der Waals surface area (Å²) >= 11 is 0. The number of carboxylic acid groups (broad SMARTS) is 2. The fraction of sp³-hybridized carbons (Fsp3) is 0.120. The molecule has 1 atom stereocenters. The van der Waals surface area contributed by atoms with Crippen molar-refractivity contribution >= 4 is 22.8 Å². The van der Waals surface area contributed by atoms with E-state index in [0.29, 0.717) is 0 Å². The predicted octanol–water partition coefficient (Wildman–Crippen LogP) is 4.40. The topological polar surface area (TPSA) is 102 Å². The smallest absolute Gasteiger partial charge is 0.414 e. The number of aromatic amines is 1. The highest BCUT2D eigenvalue weighted by atomic mass is 16.4. The summed E-state index contributed by atoms with van der Waals surface area (Å²) in [6.07, 6.45) is 3.09. The minimum Gasteiger partial charge on any atom is -0.473 e. The normalized spacial score (nSPS) is 11.4. The molecule has 3 aromatic carbocycles. The van der Waals surface area contributed by atoms with E-state index in [4.69, 9.17) is 19.8 Å². The summed E-state index contributed by atoms with van der Waals surface area (Å²) in [6, 6.07) is 30.1. The fourth-order valence-electron chi connectivity index (χ4n) is 3.35. The maximum atomic E-state index is 9.10. The van der Waals surface area contributed by atoms with Crippen LogP contribution < -0.4 is 5.32 Å². The Labute approximate surface area is 180 Å². The largest absolute Gasteiger partial charge is 0.473 e. The third-order valence-electron chi connectivity index (χ3n) is 4.88. The number of hydrogen-bond donors (Lipinski definition) is 4. The molecule has 4 rings (SSSR count). The van der Waals surface area contributed by atoms with Gasteiger partial charge in [-0.05, 0) is 29.2 Å². The summed E-state index contributed by atoms with van der Waals surface area (Å²) in [5, 5.41) is 19.8. The second-order valence-corrected chi connectivity index (χ2v) is 7.00. The van der Waals surface area contributed by atoms with Crippen LogP contribution in [0.3, 0.4) is 0 Å². The van der Waals surface area contributed by atoms with E-state index in [-0.39, 0.29) is 6.04 Å². The van der Waals surface area contributed by atoms with Crippen molar-refractivity contribution in [1.82, 2.24) is 10.3 Å². The van der Waals surface area contributed by atoms with Crippen molar-refractivity contribution in [2.24, 2.45) is 0 Å². The maximum absolute atomic E-state index is 9.10. The molecule has 0 saturated carbocycles. The van der Waals surface area contributed by atoms with Gasteiger partial charge in [0, 0.05) is 29.7 Å². The van der Waals surface area contributed by atoms with Crippen molar-refractivity contribution in [2.45, 2.75) is 19.0 Å². The summed E-state index contributed by atoms with van der Waals surface area (Å²) in [5.74, 6) is -3.65. The first-order valence-corrected chi connectivity index (χ1v) is 9.88. The monoisotopic (exact) mass is 416 g/mol. The summed E-state index contributed by atoms with van der Waals surface area (Å²) in [4.78, 5) is 21.6. The Bertz CT molecular complexity index is 1110. The SMILES string of the molecule is O=C(O)C(=O)O.c1ccc(CC(NCc2c[nH]c3ccccc23)c2ccccc2)cc1. The standard InChI is InChI=1S/C23H22N2.C2H2O4/c1-3-9-18(10-4-1)15-23(19-11-5-2-6-12-19)25-17-20-16-24-22-14-8-7-13-21(20)22;3-1(4)2(5)6/h1-14,16,23-25H,15,17H2;(H,3,4)(H,5,6). The van der Waals surface area contributed by atoms with Crippen molar-refractivity contribution in [1.29, 1.82) is 0 Å². The highest BCUT2D eigenvalue weighted by Crippen LogP contribution is 2.22. The Kier molecular flexibility index (Phi) is 7.56. The van der Waals surface area contributed by atoms with Gasteiger partial charge >= 0.3 is 11.9 Å². The molecule has 4 N–H and O–H groups in total. The van der Waals surface area contributed by atoms with Gasteiger partial charge in [0.2, 0.25) is 0 Å². The molecule has 4 aromatic rings. The zero-order valence-corrected chi connectivity index (χ0v) is 16.9. The van der Waals surface area contributed by atoms with Crippen molar-refractivity contribution < 1.29 is 19.8 Å². The number of aromatic nitrogens is 1. The minimum absolute atomic E-state index is 0.289. The molecule has 31 heavy (non-hydrogen) atoms. The molecule has 0 bridgehead atoms. The first kappa shape index (κ1) is 21.8. The molecule has 0 saturated heterocycles. The number of rotatable bonds is 6. The van der Waals surface area contributed by atoms with Gasteiger partial charge in [0.25, 0.3) is 0 Å². The number of para-hydroxylation sites is 1. The van der Waals surface area contributed by atoms with Crippen LogP contribution in [0.4, 0.5) is 0 Å². The van der Waals surface area contributed by atoms with Crippen molar-refractivity contribution in [3.05, 3.63) is 108 Å². The van der Waals surface area contributed by atoms with Crippen LogP contribution in [0, 0.1) is 0 Å². The molecule has 1 unspecified atom stereocenters. The van der Waals surface area contributed by atoms with E-state index in [1.165, 1.54) is 27.6 Å². The fourth-order valence-corrected chi connectivity index (χ4v) is 3.35. The van der Waals surface area contributed by atoms with Gasteiger partial charge in [0.05, 0.1) is 0 Å². The van der Waals surface area contributed by atoms with Gasteiger partial charge in [-0.15, -0.1) is 0 Å². The van der Waals surface area contributed by atoms with E-state index in [2.05, 4.69) is 101 Å². The van der Waals surface area contributed by atoms with Gasteiger partial charge in [0.15, 0.2) is 0 Å². The first-order valence-electron chi connectivity index (χ1n) is 9.88. The van der Waals surface area contributed by atoms with Crippen LogP contribution in [0.2, 0.25) is 0 Å². The molecule has 0 aliphatic rings. The Morgan fingerprint density at radius 1 is 0.806 bits per heavy atom. The minimum atomic E-state index is -1.82. The van der Waals surface area contributed by atoms with Gasteiger partial charge in [-0.3, -0.25) is 0 Å². The van der Waals surface area contributed by atoms with Crippen molar-refractivity contribution in [2.75, 3.05) is 0 Å². The lowest BCUT2D eigenvalue weighted by molar-refractivity contribution is -0.159. The molecule has 1 aromatic heterocycles. The number of benzene rings is 3. The lowest BCUT2D eigenvalue weighted by Gasteiger charge is -2.19. The molecule has 0 aliphatic heterocycles. The quantitative estimate of drug-likeness (QED) is 0.349. The summed E-state index contributed by atoms with van der Waals surface area (Å²) < 4.78 is 0. The molecule has 0 spiro atoms. The molecular weight excluding hydrogens is 392 g/mol. The number of nitrogens with one attached hydrogen (secondary N) is 2. The zero-order chi connectivity index (χ0) is 22.1. The molecule has 0 aliphatic carbocycles. The van der Waals surface area contributed by atoms with Gasteiger partial charge in [-0.2, -0.15) is 0 Å². The summed E-state index contributed by atoms with van der Waals surface area (Å²) in [5.41, 5.74) is 5.18. The third-order valence-corrected chi connectivity index (χ3v) is 4.88. The highest BCUT2D eigenvalue weighted by molar-refractivity contribution is 6.27. The third kappa shape index (κ3) is 6.29. The van der Waals surface area contributed by atoms with Gasteiger partial charge in [0.1, 0.15) is 0 Å². The van der Waals surface area contributed by atoms with Crippen LogP contribution in [0.1, 0.15) is 22.7 Å². The number of fused-ring (bicyclic) bond motifs is 1. The van der Waals surface area contributed by atoms with Crippen LogP contribution in [0.25, 0.3) is 10.9 Å². The van der Waals surface area contributed by atoms with Crippen LogP contribution in [0.15, 0.2) is 91.1 Å². The van der Waals surface area contributed by atoms with Crippen molar-refractivity contribution in [3.8, 4) is 0 Å². The van der Waals surface area contributed by atoms with E-state index in [1.807, 2.05) is 0 Å². The lowest BCUT2D eigenvalue weighted by atomic mass is 9.98. The van der Waals surface area contributed by atoms with Gasteiger partial charge < -0.3 is 20.5 Å². The average Bonchev–Trinajstić information content (AvgIpc) is 3.21. The number of hydrogen-bond acceptors (Lipinski definition) is 3. The molecule has 0 fully saturated rings. The maximum Gasteiger partial charge on any atom is 0.414 e. The van der Waals surface area contributed by atoms with E-state index >= 15 is 0 Å². The lowest BCUT2D eigenvalue weighted by Crippen LogP contribution is -2.22. The molecule has 0 radical (unpaired) electrons. The Balaban J connectivity index is 0.000000401. The first-order chi connectivity index (χ1) is 15.0. The average molecular weight is 416 g/mol. The van der Waals surface area contributed by atoms with Gasteiger partial charge in [-0.1, -0.05) is 78.9 Å². The van der Waals surface area contributed by atoms with Gasteiger partial charge in [-0.25, -0.2) is 9.59 Å². The molecule has 1 heterocycles. The number of carboxylic acids is 2. The number of H-pyrrole nitrogens is 1. The Morgan fingerprint density at radius 2 is 1.39 bits per heavy atom. The predicted molar refractivity (Wildman–Crippen MR) is 120 cm³/mol. The molecule has 158 valence electrons. The van der Waals surface area contributed by atoms with E-state index in [1.54, 1.807) is 0 Å². The second kappa shape index (κ2) is 10.8. The van der Waals surface area contributed by atoms with Crippen LogP contribution in [-0.2, 0) is 22.6 Å². The summed E-state index contributed by atoms with van der Waals surface area (Å²) in [6.45, 7) is 0.844. The highest BCUT2D eigenvalue weighted by Gasteiger charge is 2.13. The van der Waals surface area contributed by atoms with Crippen molar-refractivity contribution in [3.63, 3.8) is 0 Å². The van der Waals surface area contributed by atoms with E-state index in [9.17, 15) is 0 Å². The molecule has 0 amide bonds. The second-order valence-electron chi connectivity index (χ2n) is 7.00. The Morgan fingerprint density at radius 3 is 2.03 bits per heavy atom. The summed E-state index contributed by atoms with van der Waals surface area (Å²) in [7, 11) is 0.